The number of rotatable bonds is 5. The maximum atomic E-state index is 14.1. The van der Waals surface area contributed by atoms with Crippen LogP contribution in [0, 0.1) is 17.1 Å². The van der Waals surface area contributed by atoms with Crippen LogP contribution in [0.25, 0.3) is 17.1 Å². The van der Waals surface area contributed by atoms with Crippen molar-refractivity contribution in [3.05, 3.63) is 71.6 Å². The van der Waals surface area contributed by atoms with E-state index in [9.17, 15) is 14.4 Å². The molecule has 10 nitrogen and oxygen atoms in total. The summed E-state index contributed by atoms with van der Waals surface area (Å²) in [7, 11) is 1.36. The fourth-order valence-corrected chi connectivity index (χ4v) is 4.09. The Morgan fingerprint density at radius 2 is 2.09 bits per heavy atom. The Hall–Kier alpha value is -4.59. The van der Waals surface area contributed by atoms with Crippen molar-refractivity contribution in [2.75, 3.05) is 13.7 Å². The number of para-hydroxylation sites is 1. The van der Waals surface area contributed by atoms with E-state index in [0.717, 1.165) is 6.42 Å². The van der Waals surface area contributed by atoms with Crippen molar-refractivity contribution in [2.45, 2.75) is 18.9 Å². The van der Waals surface area contributed by atoms with Gasteiger partial charge in [-0.05, 0) is 43.2 Å². The van der Waals surface area contributed by atoms with E-state index in [1.807, 2.05) is 0 Å². The van der Waals surface area contributed by atoms with Gasteiger partial charge in [-0.2, -0.15) is 25.2 Å². The van der Waals surface area contributed by atoms with Crippen molar-refractivity contribution >= 4 is 5.91 Å². The van der Waals surface area contributed by atoms with Gasteiger partial charge in [0.05, 0.1) is 48.0 Å². The van der Waals surface area contributed by atoms with Crippen LogP contribution in [0.3, 0.4) is 0 Å². The number of ether oxygens (including phenoxy) is 1. The monoisotopic (exact) mass is 459 g/mol. The predicted molar refractivity (Wildman–Crippen MR) is 115 cm³/mol. The number of carbonyl (C=O) groups excluding carboxylic acids is 1. The Labute approximate surface area is 193 Å². The summed E-state index contributed by atoms with van der Waals surface area (Å²) in [5, 5.41) is 21.6. The molecule has 0 saturated carbocycles. The molecular formula is C23H18FN7O3. The molecule has 1 saturated heterocycles. The molecule has 1 atom stereocenters. The summed E-state index contributed by atoms with van der Waals surface area (Å²) < 4.78 is 24.8. The third-order valence-electron chi connectivity index (χ3n) is 5.64. The lowest BCUT2D eigenvalue weighted by Gasteiger charge is -2.23. The topological polar surface area (TPSA) is 123 Å². The zero-order valence-electron chi connectivity index (χ0n) is 18.1. The van der Waals surface area contributed by atoms with E-state index >= 15 is 0 Å². The van der Waals surface area contributed by atoms with Gasteiger partial charge in [-0.3, -0.25) is 4.79 Å². The average Bonchev–Trinajstić information content (AvgIpc) is 3.64. The van der Waals surface area contributed by atoms with Gasteiger partial charge in [0.2, 0.25) is 11.7 Å². The number of methoxy groups -OCH3 is 1. The van der Waals surface area contributed by atoms with Gasteiger partial charge in [0.15, 0.2) is 11.6 Å². The third kappa shape index (κ3) is 3.65. The van der Waals surface area contributed by atoms with Crippen molar-refractivity contribution in [1.29, 1.82) is 5.26 Å². The highest BCUT2D eigenvalue weighted by Gasteiger charge is 2.36. The molecule has 0 radical (unpaired) electrons. The van der Waals surface area contributed by atoms with Gasteiger partial charge in [-0.25, -0.2) is 4.39 Å². The van der Waals surface area contributed by atoms with Gasteiger partial charge in [0, 0.05) is 6.54 Å². The first-order valence-corrected chi connectivity index (χ1v) is 10.5. The van der Waals surface area contributed by atoms with Crippen molar-refractivity contribution in [3.8, 4) is 28.9 Å². The first-order chi connectivity index (χ1) is 16.6. The second-order valence-electron chi connectivity index (χ2n) is 7.60. The first kappa shape index (κ1) is 21.3. The number of nitriles is 1. The quantitative estimate of drug-likeness (QED) is 0.445. The zero-order chi connectivity index (χ0) is 23.7. The standard InChI is InChI=1S/C23H18FN7O3/c1-33-20-15(4-2-5-17(20)24)21-28-22(34-29-21)19-6-3-11-30(19)23(32)16-12-14(13-25)7-8-18(16)31-26-9-10-27-31/h2,4-5,7-10,12,19H,3,6,11H2,1H3. The van der Waals surface area contributed by atoms with Crippen LogP contribution in [-0.2, 0) is 0 Å². The number of carbonyl (C=O) groups is 1. The number of likely N-dealkylation sites (tertiary alicyclic amines) is 1. The lowest BCUT2D eigenvalue weighted by molar-refractivity contribution is 0.0709. The molecule has 34 heavy (non-hydrogen) atoms. The van der Waals surface area contributed by atoms with E-state index in [1.54, 1.807) is 23.1 Å². The molecule has 0 aliphatic carbocycles. The van der Waals surface area contributed by atoms with Crippen LogP contribution in [0.5, 0.6) is 5.75 Å². The summed E-state index contributed by atoms with van der Waals surface area (Å²) in [6.45, 7) is 0.466. The molecule has 1 unspecified atom stereocenters. The normalized spacial score (nSPS) is 15.3. The zero-order valence-corrected chi connectivity index (χ0v) is 18.1. The van der Waals surface area contributed by atoms with Crippen LogP contribution >= 0.6 is 0 Å². The first-order valence-electron chi connectivity index (χ1n) is 10.5. The molecule has 4 aromatic rings. The molecule has 1 aliphatic rings. The smallest absolute Gasteiger partial charge is 0.256 e. The van der Waals surface area contributed by atoms with Crippen LogP contribution in [-0.4, -0.2) is 49.6 Å². The largest absolute Gasteiger partial charge is 0.493 e. The molecule has 2 aromatic heterocycles. The molecule has 1 amide bonds. The van der Waals surface area contributed by atoms with Crippen molar-refractivity contribution in [3.63, 3.8) is 0 Å². The molecule has 0 bridgehead atoms. The molecule has 2 aromatic carbocycles. The number of amides is 1. The van der Waals surface area contributed by atoms with Crippen LogP contribution in [0.1, 0.15) is 40.7 Å². The number of hydrogen-bond acceptors (Lipinski definition) is 8. The fourth-order valence-electron chi connectivity index (χ4n) is 4.09. The molecule has 5 rings (SSSR count). The Morgan fingerprint density at radius 3 is 2.85 bits per heavy atom. The second kappa shape index (κ2) is 8.74. The number of nitrogens with zero attached hydrogens (tertiary/aromatic N) is 7. The van der Waals surface area contributed by atoms with E-state index < -0.39 is 11.9 Å². The van der Waals surface area contributed by atoms with E-state index in [4.69, 9.17) is 9.26 Å². The predicted octanol–water partition coefficient (Wildman–Crippen LogP) is 3.31. The summed E-state index contributed by atoms with van der Waals surface area (Å²) in [5.41, 5.74) is 1.43. The van der Waals surface area contributed by atoms with Crippen molar-refractivity contribution in [2.24, 2.45) is 0 Å². The number of aromatic nitrogens is 5. The number of hydrogen-bond donors (Lipinski definition) is 0. The summed E-state index contributed by atoms with van der Waals surface area (Å²) in [4.78, 5) is 21.0. The SMILES string of the molecule is COc1c(F)cccc1-c1noc(C2CCCN2C(=O)c2cc(C#N)ccc2-n2nccn2)n1. The van der Waals surface area contributed by atoms with Crippen LogP contribution in [0.15, 0.2) is 53.3 Å². The minimum atomic E-state index is -0.541. The van der Waals surface area contributed by atoms with Crippen LogP contribution in [0.4, 0.5) is 4.39 Å². The summed E-state index contributed by atoms with van der Waals surface area (Å²) >= 11 is 0. The third-order valence-corrected chi connectivity index (χ3v) is 5.64. The average molecular weight is 459 g/mol. The van der Waals surface area contributed by atoms with E-state index in [2.05, 4.69) is 26.4 Å². The minimum Gasteiger partial charge on any atom is -0.493 e. The summed E-state index contributed by atoms with van der Waals surface area (Å²) in [6.07, 6.45) is 4.35. The molecule has 170 valence electrons. The summed E-state index contributed by atoms with van der Waals surface area (Å²) in [6, 6.07) is 10.8. The van der Waals surface area contributed by atoms with Gasteiger partial charge in [0.1, 0.15) is 6.04 Å². The highest BCUT2D eigenvalue weighted by molar-refractivity contribution is 5.98. The van der Waals surface area contributed by atoms with Gasteiger partial charge >= 0.3 is 0 Å². The lowest BCUT2D eigenvalue weighted by atomic mass is 10.1. The molecule has 0 N–H and O–H groups in total. The van der Waals surface area contributed by atoms with E-state index in [1.165, 1.54) is 42.5 Å². The van der Waals surface area contributed by atoms with Gasteiger partial charge < -0.3 is 14.2 Å². The van der Waals surface area contributed by atoms with Crippen molar-refractivity contribution in [1.82, 2.24) is 30.0 Å². The maximum Gasteiger partial charge on any atom is 0.256 e. The minimum absolute atomic E-state index is 0.0129. The van der Waals surface area contributed by atoms with Crippen LogP contribution < -0.4 is 4.74 Å². The summed E-state index contributed by atoms with van der Waals surface area (Å²) in [5.74, 6) is -0.434. The van der Waals surface area contributed by atoms with Gasteiger partial charge in [-0.1, -0.05) is 11.2 Å². The Bertz CT molecular complexity index is 1390. The Balaban J connectivity index is 1.49. The Morgan fingerprint density at radius 1 is 1.26 bits per heavy atom. The number of halogens is 1. The van der Waals surface area contributed by atoms with E-state index in [0.29, 0.717) is 29.8 Å². The van der Waals surface area contributed by atoms with Gasteiger partial charge in [-0.15, -0.1) is 0 Å². The molecule has 11 heteroatoms. The molecule has 1 fully saturated rings. The molecule has 0 spiro atoms. The highest BCUT2D eigenvalue weighted by Crippen LogP contribution is 2.36. The molecule has 3 heterocycles. The Kier molecular flexibility index (Phi) is 5.47. The molecule has 1 aliphatic heterocycles. The fraction of sp³-hybridized carbons (Fsp3) is 0.217. The van der Waals surface area contributed by atoms with E-state index in [-0.39, 0.29) is 28.9 Å². The van der Waals surface area contributed by atoms with Crippen LogP contribution in [0.2, 0.25) is 0 Å². The lowest BCUT2D eigenvalue weighted by Crippen LogP contribution is -2.31. The van der Waals surface area contributed by atoms with Gasteiger partial charge in [0.25, 0.3) is 5.91 Å². The second-order valence-corrected chi connectivity index (χ2v) is 7.60. The molecular weight excluding hydrogens is 441 g/mol. The highest BCUT2D eigenvalue weighted by atomic mass is 19.1. The van der Waals surface area contributed by atoms with Crippen molar-refractivity contribution < 1.29 is 18.4 Å². The number of benzene rings is 2. The maximum absolute atomic E-state index is 14.1.